The summed E-state index contributed by atoms with van der Waals surface area (Å²) in [5, 5.41) is 30.9. The third-order valence-corrected chi connectivity index (χ3v) is 7.83. The van der Waals surface area contributed by atoms with Crippen molar-refractivity contribution in [3.63, 3.8) is 0 Å². The molecular weight excluding hydrogens is 724 g/mol. The molecule has 2 unspecified atom stereocenters. The fraction of sp³-hybridized carbons (Fsp3) is 0.444. The van der Waals surface area contributed by atoms with Crippen LogP contribution in [0, 0.1) is 6.92 Å². The Kier molecular flexibility index (Phi) is 18.4. The van der Waals surface area contributed by atoms with Gasteiger partial charge in [-0.05, 0) is 69.7 Å². The Morgan fingerprint density at radius 3 is 2.05 bits per heavy atom. The van der Waals surface area contributed by atoms with Crippen molar-refractivity contribution < 1.29 is 63.0 Å². The average molecular weight is 771 g/mol. The summed E-state index contributed by atoms with van der Waals surface area (Å²) in [6, 6.07) is 1.08. The second kappa shape index (κ2) is 22.6. The summed E-state index contributed by atoms with van der Waals surface area (Å²) >= 11 is 0. The summed E-state index contributed by atoms with van der Waals surface area (Å²) in [6.45, 7) is 4.09. The number of allylic oxidation sites excluding steroid dienone is 2. The largest absolute Gasteiger partial charge is 0.481 e. The van der Waals surface area contributed by atoms with E-state index < -0.39 is 91.4 Å². The van der Waals surface area contributed by atoms with Crippen LogP contribution in [0.15, 0.2) is 42.0 Å². The van der Waals surface area contributed by atoms with E-state index in [1.807, 2.05) is 13.0 Å². The Labute approximate surface area is 316 Å². The van der Waals surface area contributed by atoms with Crippen molar-refractivity contribution in [3.8, 4) is 0 Å². The van der Waals surface area contributed by atoms with Crippen molar-refractivity contribution >= 4 is 59.3 Å². The molecule has 0 radical (unpaired) electrons. The van der Waals surface area contributed by atoms with Crippen molar-refractivity contribution in [2.24, 2.45) is 0 Å². The van der Waals surface area contributed by atoms with Gasteiger partial charge in [-0.15, -0.1) is 5.06 Å². The second-order valence-corrected chi connectivity index (χ2v) is 12.3. The lowest BCUT2D eigenvalue weighted by Crippen LogP contribution is -2.52. The number of benzene rings is 1. The minimum atomic E-state index is -1.46. The number of hydrogen-bond donors (Lipinski definition) is 7. The minimum absolute atomic E-state index is 0.0225. The third kappa shape index (κ3) is 15.6. The molecule has 298 valence electrons. The fourth-order valence-corrected chi connectivity index (χ4v) is 4.99. The van der Waals surface area contributed by atoms with Crippen molar-refractivity contribution in [3.05, 3.63) is 58.7 Å². The van der Waals surface area contributed by atoms with Gasteiger partial charge in [-0.2, -0.15) is 0 Å². The molecular formula is C36H46N6O13. The first-order valence-corrected chi connectivity index (χ1v) is 17.5. The predicted octanol–water partition coefficient (Wildman–Crippen LogP) is 0.180. The van der Waals surface area contributed by atoms with Crippen LogP contribution < -0.4 is 26.6 Å². The van der Waals surface area contributed by atoms with Gasteiger partial charge in [-0.25, -0.2) is 9.59 Å². The van der Waals surface area contributed by atoms with Crippen molar-refractivity contribution in [1.29, 1.82) is 0 Å². The van der Waals surface area contributed by atoms with Crippen molar-refractivity contribution in [2.75, 3.05) is 19.6 Å². The van der Waals surface area contributed by atoms with Gasteiger partial charge in [0, 0.05) is 36.9 Å². The predicted molar refractivity (Wildman–Crippen MR) is 191 cm³/mol. The monoisotopic (exact) mass is 770 g/mol. The van der Waals surface area contributed by atoms with Crippen LogP contribution in [0.25, 0.3) is 0 Å². The molecule has 2 rings (SSSR count). The first-order chi connectivity index (χ1) is 26.1. The summed E-state index contributed by atoms with van der Waals surface area (Å²) in [7, 11) is 0. The van der Waals surface area contributed by atoms with Gasteiger partial charge in [-0.3, -0.25) is 38.4 Å². The van der Waals surface area contributed by atoms with Gasteiger partial charge in [-0.1, -0.05) is 25.2 Å². The number of imide groups is 1. The molecule has 1 saturated heterocycles. The highest BCUT2D eigenvalue weighted by Crippen LogP contribution is 2.16. The number of nitrogens with zero attached hydrogens (tertiary/aromatic N) is 1. The number of carbonyl (C=O) groups excluding carboxylic acids is 8. The van der Waals surface area contributed by atoms with Crippen LogP contribution in [0.5, 0.6) is 0 Å². The molecule has 0 saturated carbocycles. The number of unbranched alkanes of at least 4 members (excludes halogenated alkanes) is 1. The lowest BCUT2D eigenvalue weighted by molar-refractivity contribution is -0.172. The molecule has 1 fully saturated rings. The van der Waals surface area contributed by atoms with Gasteiger partial charge in [0.15, 0.2) is 0 Å². The zero-order chi connectivity index (χ0) is 41.1. The number of amides is 7. The SMILES string of the molecule is C/C=C(\C=C/CC)C(=O)NCCCCC(NC(=O)CNC(=O)C(CCC(=O)O)NC(=O)CNC(=O)c1cc(C)cc(C(=O)ON2C(=O)CCC2=O)c1)C(=O)O. The number of carboxylic acid groups (broad SMARTS) is 2. The highest BCUT2D eigenvalue weighted by molar-refractivity contribution is 6.04. The third-order valence-electron chi connectivity index (χ3n) is 7.83. The van der Waals surface area contributed by atoms with Gasteiger partial charge >= 0.3 is 17.9 Å². The van der Waals surface area contributed by atoms with Crippen LogP contribution in [-0.2, 0) is 43.2 Å². The molecule has 55 heavy (non-hydrogen) atoms. The van der Waals surface area contributed by atoms with Crippen molar-refractivity contribution in [2.45, 2.75) is 84.2 Å². The Hall–Kier alpha value is -6.40. The molecule has 1 heterocycles. The summed E-state index contributed by atoms with van der Waals surface area (Å²) < 4.78 is 0. The molecule has 7 N–H and O–H groups in total. The molecule has 0 aromatic heterocycles. The number of hydrogen-bond acceptors (Lipinski definition) is 11. The molecule has 0 aliphatic carbocycles. The number of hydroxylamine groups is 2. The van der Waals surface area contributed by atoms with Crippen LogP contribution in [-0.4, -0.2) is 106 Å². The molecule has 19 heteroatoms. The van der Waals surface area contributed by atoms with Crippen molar-refractivity contribution in [1.82, 2.24) is 31.6 Å². The van der Waals surface area contributed by atoms with E-state index >= 15 is 0 Å². The molecule has 0 spiro atoms. The first kappa shape index (κ1) is 44.8. The summed E-state index contributed by atoms with van der Waals surface area (Å²) in [6.07, 6.45) is 5.58. The quantitative estimate of drug-likeness (QED) is 0.0359. The van der Waals surface area contributed by atoms with E-state index in [9.17, 15) is 53.1 Å². The average Bonchev–Trinajstić information content (AvgIpc) is 3.45. The summed E-state index contributed by atoms with van der Waals surface area (Å²) in [5.74, 6) is -8.91. The molecule has 0 bridgehead atoms. The maximum Gasteiger partial charge on any atom is 0.363 e. The molecule has 1 aliphatic heterocycles. The molecule has 1 aromatic rings. The Balaban J connectivity index is 1.90. The maximum atomic E-state index is 12.9. The minimum Gasteiger partial charge on any atom is -0.481 e. The molecule has 1 aromatic carbocycles. The Bertz CT molecular complexity index is 1700. The van der Waals surface area contributed by atoms with Crippen LogP contribution in [0.4, 0.5) is 0 Å². The molecule has 2 atom stereocenters. The van der Waals surface area contributed by atoms with Crippen LogP contribution in [0.1, 0.15) is 91.5 Å². The van der Waals surface area contributed by atoms with Gasteiger partial charge in [0.1, 0.15) is 12.1 Å². The van der Waals surface area contributed by atoms with Crippen LogP contribution >= 0.6 is 0 Å². The molecule has 19 nitrogen and oxygen atoms in total. The van der Waals surface area contributed by atoms with E-state index in [-0.39, 0.29) is 42.8 Å². The fourth-order valence-electron chi connectivity index (χ4n) is 4.99. The second-order valence-electron chi connectivity index (χ2n) is 12.3. The number of aryl methyl sites for hydroxylation is 1. The number of carbonyl (C=O) groups is 10. The number of nitrogens with one attached hydrogen (secondary N) is 5. The van der Waals surface area contributed by atoms with E-state index in [0.29, 0.717) is 29.0 Å². The van der Waals surface area contributed by atoms with E-state index in [4.69, 9.17) is 9.94 Å². The molecule has 7 amide bonds. The maximum absolute atomic E-state index is 12.9. The van der Waals surface area contributed by atoms with Crippen LogP contribution in [0.2, 0.25) is 0 Å². The van der Waals surface area contributed by atoms with E-state index in [1.54, 1.807) is 26.0 Å². The standard InChI is InChI=1S/C36H46N6O13/c1-4-6-9-22(5-2)32(49)37-15-8-7-10-26(35(52)53)41-28(44)20-39-34(51)25(11-14-31(47)48)40-27(43)19-38-33(50)23-16-21(3)17-24(18-23)36(54)55-42-29(45)12-13-30(42)46/h5-6,9,16-18,25-26H,4,7-8,10-15,19-20H2,1-3H3,(H,37,49)(H,38,50)(H,39,51)(H,40,43)(H,41,44)(H,47,48)(H,52,53)/b9-6-,22-5+. The van der Waals surface area contributed by atoms with Gasteiger partial charge in [0.25, 0.3) is 23.6 Å². The summed E-state index contributed by atoms with van der Waals surface area (Å²) in [5.41, 5.74) is 0.665. The number of rotatable bonds is 22. The van der Waals surface area contributed by atoms with Crippen LogP contribution in [0.3, 0.4) is 0 Å². The Morgan fingerprint density at radius 2 is 1.45 bits per heavy atom. The van der Waals surface area contributed by atoms with Gasteiger partial charge in [0.05, 0.1) is 18.7 Å². The Morgan fingerprint density at radius 1 is 0.836 bits per heavy atom. The number of carboxylic acids is 2. The highest BCUT2D eigenvalue weighted by atomic mass is 16.7. The van der Waals surface area contributed by atoms with E-state index in [2.05, 4.69) is 26.6 Å². The zero-order valence-electron chi connectivity index (χ0n) is 30.7. The normalized spacial score (nSPS) is 13.8. The highest BCUT2D eigenvalue weighted by Gasteiger charge is 2.33. The zero-order valence-corrected chi connectivity index (χ0v) is 30.7. The molecule has 1 aliphatic rings. The lowest BCUT2D eigenvalue weighted by Gasteiger charge is -2.19. The van der Waals surface area contributed by atoms with E-state index in [0.717, 1.165) is 12.5 Å². The van der Waals surface area contributed by atoms with Gasteiger partial charge in [0.2, 0.25) is 17.7 Å². The smallest absolute Gasteiger partial charge is 0.363 e. The first-order valence-electron chi connectivity index (χ1n) is 17.5. The topological polar surface area (TPSA) is 284 Å². The lowest BCUT2D eigenvalue weighted by atomic mass is 10.1. The van der Waals surface area contributed by atoms with E-state index in [1.165, 1.54) is 12.1 Å². The summed E-state index contributed by atoms with van der Waals surface area (Å²) in [4.78, 5) is 127. The number of aliphatic carboxylic acids is 2. The van der Waals surface area contributed by atoms with Gasteiger partial charge < -0.3 is 41.6 Å².